The van der Waals surface area contributed by atoms with Crippen molar-refractivity contribution in [2.45, 2.75) is 38.0 Å². The number of nitrogens with zero attached hydrogens (tertiary/aromatic N) is 2. The third-order valence-electron chi connectivity index (χ3n) is 5.02. The molecule has 1 aromatic carbocycles. The van der Waals surface area contributed by atoms with E-state index in [-0.39, 0.29) is 80.2 Å². The Bertz CT molecular complexity index is 1320. The third-order valence-corrected chi connectivity index (χ3v) is 6.53. The molecule has 0 aliphatic heterocycles. The first-order valence-electron chi connectivity index (χ1n) is 10.1. The summed E-state index contributed by atoms with van der Waals surface area (Å²) in [5.74, 6) is -1.42. The van der Waals surface area contributed by atoms with Crippen LogP contribution in [-0.4, -0.2) is 87.9 Å². The quantitative estimate of drug-likeness (QED) is 0.467. The number of carbonyl (C=O) groups excluding carboxylic acids is 1. The van der Waals surface area contributed by atoms with Crippen LogP contribution < -0.4 is 9.46 Å². The molecule has 0 unspecified atom stereocenters. The summed E-state index contributed by atoms with van der Waals surface area (Å²) in [5.41, 5.74) is 2.13. The van der Waals surface area contributed by atoms with Gasteiger partial charge in [0.15, 0.2) is 0 Å². The Kier molecular flexibility index (Phi) is 9.75. The Morgan fingerprint density at radius 2 is 1.91 bits per heavy atom. The van der Waals surface area contributed by atoms with Crippen molar-refractivity contribution in [1.29, 1.82) is 0 Å². The largest absolute Gasteiger partial charge is 0.493 e. The number of amides is 1. The summed E-state index contributed by atoms with van der Waals surface area (Å²) in [6.07, 6.45) is 1.20. The Hall–Kier alpha value is -1.89. The second-order valence-corrected chi connectivity index (χ2v) is 9.37. The number of carbonyl (C=O) groups is 1. The van der Waals surface area contributed by atoms with Gasteiger partial charge in [0.25, 0.3) is 10.0 Å². The van der Waals surface area contributed by atoms with E-state index in [0.717, 1.165) is 6.07 Å². The van der Waals surface area contributed by atoms with E-state index in [2.05, 4.69) is 9.97 Å². The predicted molar refractivity (Wildman–Crippen MR) is 126 cm³/mol. The van der Waals surface area contributed by atoms with Gasteiger partial charge >= 0.3 is 0 Å². The number of benzene rings is 1. The number of rotatable bonds is 7. The van der Waals surface area contributed by atoms with Crippen LogP contribution in [-0.2, 0) is 21.2 Å². The number of ether oxygens (including phenoxy) is 1. The summed E-state index contributed by atoms with van der Waals surface area (Å²) in [4.78, 5) is 20.4. The summed E-state index contributed by atoms with van der Waals surface area (Å²) in [5, 5.41) is 9.42. The van der Waals surface area contributed by atoms with Crippen molar-refractivity contribution >= 4 is 67.3 Å². The number of sulfonamides is 1. The molecule has 3 aromatic rings. The Balaban J connectivity index is 0.00000408. The predicted octanol–water partition coefficient (Wildman–Crippen LogP) is 3.10. The second-order valence-electron chi connectivity index (χ2n) is 7.72. The minimum Gasteiger partial charge on any atom is -0.493 e. The molecule has 0 saturated carbocycles. The molecule has 11 heteroatoms. The summed E-state index contributed by atoms with van der Waals surface area (Å²) in [6, 6.07) is 8.20. The van der Waals surface area contributed by atoms with Crippen LogP contribution in [0.2, 0.25) is 0 Å². The first-order valence-corrected chi connectivity index (χ1v) is 11.5. The van der Waals surface area contributed by atoms with Crippen molar-refractivity contribution in [3.8, 4) is 22.9 Å². The monoisotopic (exact) mass is 512 g/mol. The first-order chi connectivity index (χ1) is 15.5. The zero-order valence-corrected chi connectivity index (χ0v) is 23.5. The molecule has 0 saturated heterocycles. The van der Waals surface area contributed by atoms with Gasteiger partial charge in [-0.15, -0.1) is 0 Å². The number of pyridine rings is 2. The summed E-state index contributed by atoms with van der Waals surface area (Å²) >= 11 is 0. The van der Waals surface area contributed by atoms with Gasteiger partial charge in [-0.1, -0.05) is 13.8 Å². The SMILES string of the molecule is COc1cc(-c2cc(F)cc(C(C)C)c2CC(=O)NS(=O)(=O)c2ccc(O)nc2C)ccn1.[K]. The molecular weight excluding hydrogens is 488 g/mol. The minimum absolute atomic E-state index is 0. The van der Waals surface area contributed by atoms with Gasteiger partial charge in [0, 0.05) is 69.7 Å². The third kappa shape index (κ3) is 6.61. The van der Waals surface area contributed by atoms with Crippen molar-refractivity contribution in [2.24, 2.45) is 0 Å². The Morgan fingerprint density at radius 1 is 1.21 bits per heavy atom. The van der Waals surface area contributed by atoms with E-state index in [4.69, 9.17) is 4.74 Å². The minimum atomic E-state index is -4.23. The molecule has 175 valence electrons. The maximum atomic E-state index is 14.5. The normalized spacial score (nSPS) is 11.1. The number of hydrogen-bond donors (Lipinski definition) is 2. The van der Waals surface area contributed by atoms with Crippen LogP contribution in [0.15, 0.2) is 47.5 Å². The van der Waals surface area contributed by atoms with Crippen LogP contribution in [0.3, 0.4) is 0 Å². The smallest absolute Gasteiger partial charge is 0.265 e. The van der Waals surface area contributed by atoms with E-state index in [9.17, 15) is 22.7 Å². The molecule has 0 aliphatic carbocycles. The number of aryl methyl sites for hydroxylation is 1. The number of aromatic hydroxyl groups is 1. The van der Waals surface area contributed by atoms with E-state index in [1.165, 1.54) is 38.4 Å². The van der Waals surface area contributed by atoms with E-state index < -0.39 is 21.7 Å². The van der Waals surface area contributed by atoms with Crippen molar-refractivity contribution in [3.63, 3.8) is 0 Å². The number of nitrogens with one attached hydrogen (secondary N) is 1. The number of methoxy groups -OCH3 is 1. The molecule has 1 radical (unpaired) electrons. The summed E-state index contributed by atoms with van der Waals surface area (Å²) in [7, 11) is -2.78. The fraction of sp³-hybridized carbons (Fsp3) is 0.261. The van der Waals surface area contributed by atoms with Crippen LogP contribution in [0.25, 0.3) is 11.1 Å². The standard InChI is InChI=1S/C23H24FN3O5S.K/c1-13(2)17-10-16(24)11-18(15-7-8-25-23(9-15)32-4)19(17)12-22(29)27-33(30,31)20-5-6-21(28)26-14(20)3;/h5-11,13H,12H2,1-4H3,(H,26,28)(H,27,29);. The van der Waals surface area contributed by atoms with Gasteiger partial charge in [-0.3, -0.25) is 4.79 Å². The van der Waals surface area contributed by atoms with Crippen LogP contribution >= 0.6 is 0 Å². The summed E-state index contributed by atoms with van der Waals surface area (Å²) < 4.78 is 47.1. The Labute approximate surface area is 240 Å². The molecule has 0 aliphatic rings. The van der Waals surface area contributed by atoms with Crippen LogP contribution in [0, 0.1) is 12.7 Å². The summed E-state index contributed by atoms with van der Waals surface area (Å²) in [6.45, 7) is 5.12. The molecule has 2 heterocycles. The molecule has 0 fully saturated rings. The van der Waals surface area contributed by atoms with E-state index in [0.29, 0.717) is 28.1 Å². The van der Waals surface area contributed by atoms with Gasteiger partial charge in [0.05, 0.1) is 19.2 Å². The van der Waals surface area contributed by atoms with Crippen molar-refractivity contribution in [2.75, 3.05) is 7.11 Å². The molecule has 34 heavy (non-hydrogen) atoms. The maximum absolute atomic E-state index is 14.5. The van der Waals surface area contributed by atoms with Crippen LogP contribution in [0.5, 0.6) is 11.8 Å². The topological polar surface area (TPSA) is 118 Å². The average Bonchev–Trinajstić information content (AvgIpc) is 2.73. The van der Waals surface area contributed by atoms with E-state index >= 15 is 0 Å². The van der Waals surface area contributed by atoms with Gasteiger partial charge in [-0.25, -0.2) is 27.5 Å². The molecule has 1 amide bonds. The molecule has 0 bridgehead atoms. The van der Waals surface area contributed by atoms with Gasteiger partial charge in [0.1, 0.15) is 10.7 Å². The van der Waals surface area contributed by atoms with Gasteiger partial charge < -0.3 is 9.84 Å². The zero-order chi connectivity index (χ0) is 24.3. The van der Waals surface area contributed by atoms with Crippen molar-refractivity contribution in [3.05, 3.63) is 65.2 Å². The number of hydrogen-bond acceptors (Lipinski definition) is 7. The van der Waals surface area contributed by atoms with Gasteiger partial charge in [-0.05, 0) is 59.4 Å². The number of aromatic nitrogens is 2. The van der Waals surface area contributed by atoms with Gasteiger partial charge in [0.2, 0.25) is 17.7 Å². The van der Waals surface area contributed by atoms with Crippen molar-refractivity contribution < 1.29 is 27.4 Å². The van der Waals surface area contributed by atoms with Crippen LogP contribution in [0.1, 0.15) is 36.6 Å². The fourth-order valence-electron chi connectivity index (χ4n) is 3.54. The molecule has 2 N–H and O–H groups in total. The van der Waals surface area contributed by atoms with Crippen molar-refractivity contribution in [1.82, 2.24) is 14.7 Å². The fourth-order valence-corrected chi connectivity index (χ4v) is 4.70. The zero-order valence-electron chi connectivity index (χ0n) is 19.6. The van der Waals surface area contributed by atoms with Gasteiger partial charge in [-0.2, -0.15) is 0 Å². The second kappa shape index (κ2) is 11.7. The first kappa shape index (κ1) is 28.3. The molecule has 3 rings (SSSR count). The van der Waals surface area contributed by atoms with Crippen LogP contribution in [0.4, 0.5) is 4.39 Å². The maximum Gasteiger partial charge on any atom is 0.265 e. The van der Waals surface area contributed by atoms with E-state index in [1.54, 1.807) is 12.1 Å². The molecule has 0 spiro atoms. The number of halogens is 1. The average molecular weight is 513 g/mol. The molecule has 8 nitrogen and oxygen atoms in total. The molecule has 0 atom stereocenters. The molecular formula is C23H24FKN3O5S. The van der Waals surface area contributed by atoms with E-state index in [1.807, 2.05) is 18.6 Å². The molecule has 2 aromatic heterocycles. The Morgan fingerprint density at radius 3 is 2.53 bits per heavy atom.